The lowest BCUT2D eigenvalue weighted by Gasteiger charge is -2.39. The first-order valence-electron chi connectivity index (χ1n) is 10.0. The van der Waals surface area contributed by atoms with E-state index in [1.807, 2.05) is 0 Å². The number of carbonyl (C=O) groups excluding carboxylic acids is 2. The van der Waals surface area contributed by atoms with Crippen molar-refractivity contribution in [2.45, 2.75) is 77.2 Å². The molecule has 6 heteroatoms. The number of nitrogens with one attached hydrogen (secondary N) is 1. The summed E-state index contributed by atoms with van der Waals surface area (Å²) in [6.45, 7) is 6.33. The van der Waals surface area contributed by atoms with Crippen LogP contribution in [0.1, 0.15) is 71.6 Å². The number of primary amides is 1. The van der Waals surface area contributed by atoms with Crippen LogP contribution in [0.4, 0.5) is 0 Å². The van der Waals surface area contributed by atoms with E-state index in [0.29, 0.717) is 19.3 Å². The molecule has 0 aromatic rings. The molecular weight excluding hydrogens is 328 g/mol. The van der Waals surface area contributed by atoms with Gasteiger partial charge in [0.2, 0.25) is 11.8 Å². The number of piperidine rings is 1. The second-order valence-electron chi connectivity index (χ2n) is 8.79. The Morgan fingerprint density at radius 1 is 1.23 bits per heavy atom. The average Bonchev–Trinajstić information content (AvgIpc) is 2.63. The summed E-state index contributed by atoms with van der Waals surface area (Å²) in [4.78, 5) is 26.1. The lowest BCUT2D eigenvalue weighted by molar-refractivity contribution is -0.127. The van der Waals surface area contributed by atoms with Gasteiger partial charge < -0.3 is 16.0 Å². The van der Waals surface area contributed by atoms with Crippen molar-refractivity contribution in [2.24, 2.45) is 17.1 Å². The van der Waals surface area contributed by atoms with Crippen LogP contribution in [-0.4, -0.2) is 41.9 Å². The van der Waals surface area contributed by atoms with Gasteiger partial charge in [-0.05, 0) is 38.0 Å². The second kappa shape index (κ2) is 8.85. The van der Waals surface area contributed by atoms with Crippen LogP contribution in [0.15, 0.2) is 0 Å². The van der Waals surface area contributed by atoms with E-state index < -0.39 is 16.9 Å². The number of amides is 2. The van der Waals surface area contributed by atoms with Crippen LogP contribution < -0.4 is 11.1 Å². The molecule has 2 fully saturated rings. The minimum Gasteiger partial charge on any atom is -0.369 e. The number of hydrogen-bond acceptors (Lipinski definition) is 4. The number of likely N-dealkylation sites (tertiary alicyclic amines) is 1. The number of nitrogens with zero attached hydrogens (tertiary/aromatic N) is 2. The topological polar surface area (TPSA) is 99.2 Å². The summed E-state index contributed by atoms with van der Waals surface area (Å²) < 4.78 is 0. The Kier molecular flexibility index (Phi) is 7.05. The monoisotopic (exact) mass is 362 g/mol. The van der Waals surface area contributed by atoms with Gasteiger partial charge in [-0.2, -0.15) is 5.26 Å². The number of rotatable bonds is 7. The SMILES string of the molecule is CC(C)(CCC(=O)NC1(C#N)CCN(CC2CCCCC2)CC1)C(N)=O. The Hall–Kier alpha value is -1.61. The smallest absolute Gasteiger partial charge is 0.223 e. The quantitative estimate of drug-likeness (QED) is 0.726. The highest BCUT2D eigenvalue weighted by molar-refractivity contribution is 5.82. The zero-order valence-corrected chi connectivity index (χ0v) is 16.4. The van der Waals surface area contributed by atoms with Gasteiger partial charge in [0.05, 0.1) is 6.07 Å². The van der Waals surface area contributed by atoms with Crippen LogP contribution in [0.3, 0.4) is 0 Å². The largest absolute Gasteiger partial charge is 0.369 e. The van der Waals surface area contributed by atoms with Crippen molar-refractivity contribution >= 4 is 11.8 Å². The first-order valence-corrected chi connectivity index (χ1v) is 10.0. The molecule has 1 heterocycles. The molecule has 6 nitrogen and oxygen atoms in total. The molecule has 1 aliphatic carbocycles. The molecule has 1 saturated carbocycles. The molecule has 2 aliphatic rings. The zero-order valence-electron chi connectivity index (χ0n) is 16.4. The minimum absolute atomic E-state index is 0.165. The highest BCUT2D eigenvalue weighted by Crippen LogP contribution is 2.28. The fourth-order valence-electron chi connectivity index (χ4n) is 4.00. The normalized spacial score (nSPS) is 21.7. The van der Waals surface area contributed by atoms with E-state index in [9.17, 15) is 14.9 Å². The van der Waals surface area contributed by atoms with Crippen molar-refractivity contribution in [3.63, 3.8) is 0 Å². The number of carbonyl (C=O) groups is 2. The minimum atomic E-state index is -0.767. The van der Waals surface area contributed by atoms with E-state index >= 15 is 0 Å². The molecule has 1 aliphatic heterocycles. The van der Waals surface area contributed by atoms with Crippen LogP contribution in [0.5, 0.6) is 0 Å². The molecule has 0 spiro atoms. The van der Waals surface area contributed by atoms with E-state index in [2.05, 4.69) is 16.3 Å². The van der Waals surface area contributed by atoms with Gasteiger partial charge in [-0.25, -0.2) is 0 Å². The van der Waals surface area contributed by atoms with Crippen LogP contribution in [0, 0.1) is 22.7 Å². The summed E-state index contributed by atoms with van der Waals surface area (Å²) in [5.41, 5.74) is 3.88. The number of hydrogen-bond donors (Lipinski definition) is 2. The Bertz CT molecular complexity index is 539. The lowest BCUT2D eigenvalue weighted by Crippen LogP contribution is -2.55. The molecule has 0 unspecified atom stereocenters. The van der Waals surface area contributed by atoms with E-state index in [-0.39, 0.29) is 12.3 Å². The summed E-state index contributed by atoms with van der Waals surface area (Å²) in [5, 5.41) is 12.6. The van der Waals surface area contributed by atoms with Crippen molar-refractivity contribution in [1.29, 1.82) is 5.26 Å². The number of nitrogens with two attached hydrogens (primary N) is 1. The maximum atomic E-state index is 12.3. The van der Waals surface area contributed by atoms with Gasteiger partial charge in [-0.15, -0.1) is 0 Å². The number of nitriles is 1. The third kappa shape index (κ3) is 5.70. The van der Waals surface area contributed by atoms with Gasteiger partial charge in [0.25, 0.3) is 0 Å². The molecule has 3 N–H and O–H groups in total. The maximum absolute atomic E-state index is 12.3. The summed E-state index contributed by atoms with van der Waals surface area (Å²) in [5.74, 6) is 0.224. The predicted octanol–water partition coefficient (Wildman–Crippen LogP) is 2.33. The van der Waals surface area contributed by atoms with Crippen LogP contribution in [0.25, 0.3) is 0 Å². The third-order valence-corrected chi connectivity index (χ3v) is 6.19. The summed E-state index contributed by atoms with van der Waals surface area (Å²) in [6, 6.07) is 2.34. The van der Waals surface area contributed by atoms with Crippen molar-refractivity contribution in [2.75, 3.05) is 19.6 Å². The zero-order chi connectivity index (χ0) is 19.2. The highest BCUT2D eigenvalue weighted by atomic mass is 16.2. The van der Waals surface area contributed by atoms with Crippen LogP contribution in [0.2, 0.25) is 0 Å². The molecule has 0 aromatic carbocycles. The molecule has 146 valence electrons. The van der Waals surface area contributed by atoms with Crippen LogP contribution in [-0.2, 0) is 9.59 Å². The van der Waals surface area contributed by atoms with Gasteiger partial charge >= 0.3 is 0 Å². The Morgan fingerprint density at radius 3 is 2.38 bits per heavy atom. The molecule has 0 atom stereocenters. The van der Waals surface area contributed by atoms with Gasteiger partial charge in [-0.1, -0.05) is 33.1 Å². The lowest BCUT2D eigenvalue weighted by atomic mass is 9.85. The van der Waals surface area contributed by atoms with Crippen LogP contribution >= 0.6 is 0 Å². The average molecular weight is 363 g/mol. The van der Waals surface area contributed by atoms with Crippen molar-refractivity contribution in [3.8, 4) is 6.07 Å². The van der Waals surface area contributed by atoms with Gasteiger partial charge in [-0.3, -0.25) is 9.59 Å². The summed E-state index contributed by atoms with van der Waals surface area (Å²) in [6.07, 6.45) is 8.65. The summed E-state index contributed by atoms with van der Waals surface area (Å²) >= 11 is 0. The maximum Gasteiger partial charge on any atom is 0.223 e. The van der Waals surface area contributed by atoms with E-state index in [4.69, 9.17) is 5.73 Å². The van der Waals surface area contributed by atoms with Crippen molar-refractivity contribution in [3.05, 3.63) is 0 Å². The second-order valence-corrected chi connectivity index (χ2v) is 8.79. The fraction of sp³-hybridized carbons (Fsp3) is 0.850. The fourth-order valence-corrected chi connectivity index (χ4v) is 4.00. The molecule has 2 rings (SSSR count). The molecule has 1 saturated heterocycles. The first kappa shape index (κ1) is 20.7. The summed E-state index contributed by atoms with van der Waals surface area (Å²) in [7, 11) is 0. The van der Waals surface area contributed by atoms with Gasteiger partial charge in [0.15, 0.2) is 0 Å². The molecule has 2 amide bonds. The van der Waals surface area contributed by atoms with Gasteiger partial charge in [0, 0.05) is 31.5 Å². The van der Waals surface area contributed by atoms with E-state index in [0.717, 1.165) is 25.6 Å². The molecule has 0 bridgehead atoms. The Balaban J connectivity index is 1.79. The van der Waals surface area contributed by atoms with Crippen molar-refractivity contribution in [1.82, 2.24) is 10.2 Å². The first-order chi connectivity index (χ1) is 12.3. The predicted molar refractivity (Wildman–Crippen MR) is 101 cm³/mol. The Morgan fingerprint density at radius 2 is 1.85 bits per heavy atom. The van der Waals surface area contributed by atoms with Crippen molar-refractivity contribution < 1.29 is 9.59 Å². The van der Waals surface area contributed by atoms with Gasteiger partial charge in [0.1, 0.15) is 5.54 Å². The van der Waals surface area contributed by atoms with E-state index in [1.165, 1.54) is 32.1 Å². The standard InChI is InChI=1S/C20H34N4O2/c1-19(2,18(22)26)9-8-17(25)23-20(15-21)10-12-24(13-11-20)14-16-6-4-3-5-7-16/h16H,3-14H2,1-2H3,(H2,22,26)(H,23,25). The highest BCUT2D eigenvalue weighted by Gasteiger charge is 2.37. The molecular formula is C20H34N4O2. The molecule has 0 radical (unpaired) electrons. The Labute approximate surface area is 157 Å². The third-order valence-electron chi connectivity index (χ3n) is 6.19. The molecule has 0 aromatic heterocycles. The molecule has 26 heavy (non-hydrogen) atoms. The van der Waals surface area contributed by atoms with E-state index in [1.54, 1.807) is 13.8 Å².